The molecule has 2 N–H and O–H groups in total. The summed E-state index contributed by atoms with van der Waals surface area (Å²) in [6.45, 7) is 3.35. The lowest BCUT2D eigenvalue weighted by molar-refractivity contribution is 0.134. The standard InChI is InChI=1S/C22H22N4O/c1-2-27-16-17-5-3-6-19(15-17)24-22-12-11-21(25-22)18-7-9-20(10-8-18)26-14-4-13-23-26/h3-15,24-25H,2,16H2,1H3. The highest BCUT2D eigenvalue weighted by molar-refractivity contribution is 5.67. The van der Waals surface area contributed by atoms with Crippen molar-refractivity contribution in [1.82, 2.24) is 14.8 Å². The SMILES string of the molecule is CCOCc1cccc(Nc2ccc(-c3ccc(-n4cccn4)cc3)[nH]2)c1. The van der Waals surface area contributed by atoms with Crippen LogP contribution in [-0.2, 0) is 11.3 Å². The Hall–Kier alpha value is -3.31. The first kappa shape index (κ1) is 17.1. The van der Waals surface area contributed by atoms with Gasteiger partial charge in [-0.15, -0.1) is 0 Å². The van der Waals surface area contributed by atoms with Crippen molar-refractivity contribution in [2.24, 2.45) is 0 Å². The average Bonchev–Trinajstić information content (AvgIpc) is 3.39. The Balaban J connectivity index is 1.47. The number of anilines is 2. The summed E-state index contributed by atoms with van der Waals surface area (Å²) in [4.78, 5) is 3.43. The Kier molecular flexibility index (Phi) is 5.03. The number of nitrogens with one attached hydrogen (secondary N) is 2. The highest BCUT2D eigenvalue weighted by atomic mass is 16.5. The Morgan fingerprint density at radius 3 is 2.70 bits per heavy atom. The fraction of sp³-hybridized carbons (Fsp3) is 0.136. The molecule has 0 aliphatic carbocycles. The normalized spacial score (nSPS) is 10.9. The molecule has 0 fully saturated rings. The second kappa shape index (κ2) is 7.93. The summed E-state index contributed by atoms with van der Waals surface area (Å²) in [6, 6.07) is 22.6. The van der Waals surface area contributed by atoms with Crippen LogP contribution in [0.15, 0.2) is 79.1 Å². The van der Waals surface area contributed by atoms with Gasteiger partial charge in [0.15, 0.2) is 0 Å². The van der Waals surface area contributed by atoms with E-state index in [1.54, 1.807) is 6.20 Å². The molecular formula is C22H22N4O. The van der Waals surface area contributed by atoms with Crippen molar-refractivity contribution in [3.8, 4) is 16.9 Å². The molecule has 2 heterocycles. The number of H-pyrrole nitrogens is 1. The quantitative estimate of drug-likeness (QED) is 0.480. The van der Waals surface area contributed by atoms with Crippen LogP contribution < -0.4 is 5.32 Å². The third-order valence-electron chi connectivity index (χ3n) is 4.31. The Morgan fingerprint density at radius 2 is 1.93 bits per heavy atom. The minimum absolute atomic E-state index is 0.630. The van der Waals surface area contributed by atoms with Gasteiger partial charge in [0.25, 0.3) is 0 Å². The molecule has 5 nitrogen and oxygen atoms in total. The van der Waals surface area contributed by atoms with Crippen molar-refractivity contribution in [2.75, 3.05) is 11.9 Å². The molecule has 0 aliphatic rings. The lowest BCUT2D eigenvalue weighted by Crippen LogP contribution is -1.95. The second-order valence-electron chi connectivity index (χ2n) is 6.25. The number of benzene rings is 2. The van der Waals surface area contributed by atoms with E-state index in [9.17, 15) is 0 Å². The van der Waals surface area contributed by atoms with Gasteiger partial charge >= 0.3 is 0 Å². The highest BCUT2D eigenvalue weighted by Gasteiger charge is 2.04. The van der Waals surface area contributed by atoms with Gasteiger partial charge in [-0.1, -0.05) is 24.3 Å². The monoisotopic (exact) mass is 358 g/mol. The van der Waals surface area contributed by atoms with Crippen molar-refractivity contribution in [3.05, 3.63) is 84.7 Å². The maximum atomic E-state index is 5.48. The first-order valence-electron chi connectivity index (χ1n) is 9.05. The predicted molar refractivity (Wildman–Crippen MR) is 108 cm³/mol. The van der Waals surface area contributed by atoms with Gasteiger partial charge in [-0.25, -0.2) is 4.68 Å². The lowest BCUT2D eigenvalue weighted by Gasteiger charge is -2.07. The zero-order chi connectivity index (χ0) is 18.5. The lowest BCUT2D eigenvalue weighted by atomic mass is 10.1. The largest absolute Gasteiger partial charge is 0.377 e. The molecule has 4 aromatic rings. The van der Waals surface area contributed by atoms with E-state index in [1.807, 2.05) is 36.0 Å². The number of aromatic nitrogens is 3. The maximum absolute atomic E-state index is 5.48. The number of aromatic amines is 1. The van der Waals surface area contributed by atoms with E-state index in [-0.39, 0.29) is 0 Å². The molecule has 4 rings (SSSR count). The van der Waals surface area contributed by atoms with Gasteiger partial charge in [-0.05, 0) is 60.5 Å². The molecule has 0 saturated carbocycles. The number of hydrogen-bond acceptors (Lipinski definition) is 3. The topological polar surface area (TPSA) is 54.9 Å². The van der Waals surface area contributed by atoms with Crippen molar-refractivity contribution >= 4 is 11.5 Å². The summed E-state index contributed by atoms with van der Waals surface area (Å²) >= 11 is 0. The fourth-order valence-electron chi connectivity index (χ4n) is 2.97. The first-order valence-corrected chi connectivity index (χ1v) is 9.05. The van der Waals surface area contributed by atoms with Crippen LogP contribution in [0.5, 0.6) is 0 Å². The van der Waals surface area contributed by atoms with Gasteiger partial charge in [0, 0.05) is 30.4 Å². The molecule has 0 radical (unpaired) electrons. The average molecular weight is 358 g/mol. The first-order chi connectivity index (χ1) is 13.3. The van der Waals surface area contributed by atoms with Crippen LogP contribution in [0, 0.1) is 0 Å². The summed E-state index contributed by atoms with van der Waals surface area (Å²) in [7, 11) is 0. The van der Waals surface area contributed by atoms with Crippen LogP contribution in [0.25, 0.3) is 16.9 Å². The number of rotatable bonds is 7. The molecule has 0 bridgehead atoms. The van der Waals surface area contributed by atoms with Crippen molar-refractivity contribution in [3.63, 3.8) is 0 Å². The molecule has 0 saturated heterocycles. The molecular weight excluding hydrogens is 336 g/mol. The zero-order valence-electron chi connectivity index (χ0n) is 15.2. The van der Waals surface area contributed by atoms with E-state index in [2.05, 4.69) is 63.9 Å². The molecule has 136 valence electrons. The molecule has 27 heavy (non-hydrogen) atoms. The third-order valence-corrected chi connectivity index (χ3v) is 4.31. The van der Waals surface area contributed by atoms with Crippen molar-refractivity contribution < 1.29 is 4.74 Å². The summed E-state index contributed by atoms with van der Waals surface area (Å²) in [5.74, 6) is 0.953. The van der Waals surface area contributed by atoms with E-state index in [4.69, 9.17) is 4.74 Å². The van der Waals surface area contributed by atoms with E-state index in [1.165, 1.54) is 0 Å². The van der Waals surface area contributed by atoms with E-state index >= 15 is 0 Å². The Labute approximate surface area is 158 Å². The molecule has 5 heteroatoms. The second-order valence-corrected chi connectivity index (χ2v) is 6.25. The van der Waals surface area contributed by atoms with Crippen molar-refractivity contribution in [1.29, 1.82) is 0 Å². The minimum Gasteiger partial charge on any atom is -0.377 e. The molecule has 0 unspecified atom stereocenters. The van der Waals surface area contributed by atoms with Crippen LogP contribution in [0.2, 0.25) is 0 Å². The van der Waals surface area contributed by atoms with Crippen LogP contribution in [0.1, 0.15) is 12.5 Å². The molecule has 2 aromatic heterocycles. The van der Waals surface area contributed by atoms with Crippen LogP contribution in [-0.4, -0.2) is 21.4 Å². The van der Waals surface area contributed by atoms with Crippen LogP contribution in [0.3, 0.4) is 0 Å². The number of hydrogen-bond donors (Lipinski definition) is 2. The Bertz CT molecular complexity index is 987. The number of ether oxygens (including phenoxy) is 1. The van der Waals surface area contributed by atoms with Gasteiger partial charge < -0.3 is 15.0 Å². The van der Waals surface area contributed by atoms with E-state index in [0.717, 1.165) is 40.6 Å². The predicted octanol–water partition coefficient (Wildman–Crippen LogP) is 5.15. The fourth-order valence-corrected chi connectivity index (χ4v) is 2.97. The highest BCUT2D eigenvalue weighted by Crippen LogP contribution is 2.24. The smallest absolute Gasteiger partial charge is 0.108 e. The number of nitrogens with zero attached hydrogens (tertiary/aromatic N) is 2. The summed E-state index contributed by atoms with van der Waals surface area (Å²) in [5, 5.41) is 7.67. The van der Waals surface area contributed by atoms with Gasteiger partial charge in [-0.3, -0.25) is 0 Å². The van der Waals surface area contributed by atoms with Gasteiger partial charge in [0.1, 0.15) is 5.82 Å². The molecule has 0 aliphatic heterocycles. The molecule has 0 spiro atoms. The van der Waals surface area contributed by atoms with Gasteiger partial charge in [-0.2, -0.15) is 5.10 Å². The summed E-state index contributed by atoms with van der Waals surface area (Å²) in [5.41, 5.74) is 5.43. The van der Waals surface area contributed by atoms with Crippen LogP contribution in [0.4, 0.5) is 11.5 Å². The van der Waals surface area contributed by atoms with E-state index < -0.39 is 0 Å². The molecule has 2 aromatic carbocycles. The van der Waals surface area contributed by atoms with Gasteiger partial charge in [0.2, 0.25) is 0 Å². The molecule has 0 atom stereocenters. The zero-order valence-corrected chi connectivity index (χ0v) is 15.2. The summed E-state index contributed by atoms with van der Waals surface area (Å²) < 4.78 is 7.33. The molecule has 0 amide bonds. The minimum atomic E-state index is 0.630. The third kappa shape index (κ3) is 4.10. The Morgan fingerprint density at radius 1 is 1.04 bits per heavy atom. The van der Waals surface area contributed by atoms with Gasteiger partial charge in [0.05, 0.1) is 12.3 Å². The van der Waals surface area contributed by atoms with E-state index in [0.29, 0.717) is 6.61 Å². The maximum Gasteiger partial charge on any atom is 0.108 e. The van der Waals surface area contributed by atoms with Crippen LogP contribution >= 0.6 is 0 Å². The van der Waals surface area contributed by atoms with Crippen molar-refractivity contribution in [2.45, 2.75) is 13.5 Å². The summed E-state index contributed by atoms with van der Waals surface area (Å²) in [6.07, 6.45) is 3.71.